The van der Waals surface area contributed by atoms with E-state index in [4.69, 9.17) is 33.3 Å². The quantitative estimate of drug-likeness (QED) is 0.0272. The molecule has 0 unspecified atom stereocenters. The van der Waals surface area contributed by atoms with Crippen LogP contribution in [0.1, 0.15) is 32.5 Å². The number of nitrogens with zero attached hydrogens (tertiary/aromatic N) is 5. The summed E-state index contributed by atoms with van der Waals surface area (Å²) < 4.78 is 1.25. The number of halogens is 3. The Morgan fingerprint density at radius 2 is 1.09 bits per heavy atom. The van der Waals surface area contributed by atoms with Gasteiger partial charge in [-0.05, 0) is 50.5 Å². The van der Waals surface area contributed by atoms with Gasteiger partial charge in [-0.15, -0.1) is 23.2 Å². The van der Waals surface area contributed by atoms with Crippen LogP contribution in [0.5, 0.6) is 0 Å². The van der Waals surface area contributed by atoms with Crippen LogP contribution in [0, 0.1) is 5.21 Å². The zero-order valence-corrected chi connectivity index (χ0v) is 41.3. The Labute approximate surface area is 418 Å². The Morgan fingerprint density at radius 3 is 1.34 bits per heavy atom. The van der Waals surface area contributed by atoms with Gasteiger partial charge in [0.2, 0.25) is 0 Å². The summed E-state index contributed by atoms with van der Waals surface area (Å²) >= 11 is 9.53. The Balaban J connectivity index is -0.000000105. The van der Waals surface area contributed by atoms with E-state index in [1.54, 1.807) is 67.0 Å². The summed E-state index contributed by atoms with van der Waals surface area (Å²) in [5, 5.41) is 22.6. The monoisotopic (exact) mass is 852 g/mol. The number of hydrogen-bond acceptors (Lipinski definition) is 8. The van der Waals surface area contributed by atoms with E-state index in [1.165, 1.54) is 19.0 Å². The summed E-state index contributed by atoms with van der Waals surface area (Å²) in [6.45, 7) is 4.07. The van der Waals surface area contributed by atoms with E-state index < -0.39 is 4.65 Å². The van der Waals surface area contributed by atoms with Crippen molar-refractivity contribution < 1.29 is 155 Å². The zero-order valence-electron chi connectivity index (χ0n) is 33.8. The minimum Gasteiger partial charge on any atom is -1.00 e. The third-order valence-corrected chi connectivity index (χ3v) is 5.08. The number of carbonyl (C=O) groups excluding carboxylic acids is 4. The van der Waals surface area contributed by atoms with E-state index in [9.17, 15) is 19.6 Å². The van der Waals surface area contributed by atoms with E-state index in [2.05, 4.69) is 16.9 Å². The number of benzene rings is 3. The maximum absolute atomic E-state index is 11.8. The first-order valence-electron chi connectivity index (χ1n) is 14.8. The molecule has 18 heteroatoms. The van der Waals surface area contributed by atoms with Gasteiger partial charge in [0.05, 0.1) is 26.1 Å². The molecule has 0 aromatic heterocycles. The van der Waals surface area contributed by atoms with Gasteiger partial charge in [-0.2, -0.15) is 0 Å². The first-order valence-corrected chi connectivity index (χ1v) is 15.9. The molecule has 0 bridgehead atoms. The molecule has 0 saturated carbocycles. The number of alkyl halides is 2. The molecular weight excluding hydrogens is 801 g/mol. The molecule has 0 aliphatic rings. The van der Waals surface area contributed by atoms with Gasteiger partial charge >= 0.3 is 103 Å². The van der Waals surface area contributed by atoms with Gasteiger partial charge in [0.25, 0.3) is 24.2 Å². The van der Waals surface area contributed by atoms with Crippen molar-refractivity contribution in [2.24, 2.45) is 0 Å². The third-order valence-electron chi connectivity index (χ3n) is 5.08. The summed E-state index contributed by atoms with van der Waals surface area (Å²) in [5.41, 5.74) is 2.04. The second-order valence-electron chi connectivity index (χ2n) is 11.0. The summed E-state index contributed by atoms with van der Waals surface area (Å²) in [6.07, 6.45) is 0. The second kappa shape index (κ2) is 40.8. The van der Waals surface area contributed by atoms with E-state index in [1.807, 2.05) is 87.7 Å². The van der Waals surface area contributed by atoms with Crippen LogP contribution in [0.4, 0.5) is 0 Å². The van der Waals surface area contributed by atoms with E-state index >= 15 is 0 Å². The Bertz CT molecular complexity index is 1350. The van der Waals surface area contributed by atoms with Gasteiger partial charge in [-0.25, -0.2) is 4.58 Å². The third kappa shape index (κ3) is 40.7. The fraction of sp³-hybridized carbons (Fsp3) is 0.343. The summed E-state index contributed by atoms with van der Waals surface area (Å²) in [4.78, 5) is 50.8. The Morgan fingerprint density at radius 1 is 0.811 bits per heavy atom. The average Bonchev–Trinajstić information content (AvgIpc) is 3.08. The molecule has 3 amide bonds. The number of carbonyl (C=O) groups is 4. The molecule has 288 valence electrons. The van der Waals surface area contributed by atoms with E-state index in [0.717, 1.165) is 5.56 Å². The predicted octanol–water partition coefficient (Wildman–Crippen LogP) is -5.45. The first-order chi connectivity index (χ1) is 23.4. The first kappa shape index (κ1) is 64.1. The molecule has 1 N–H and O–H groups in total. The fourth-order valence-electron chi connectivity index (χ4n) is 3.40. The zero-order chi connectivity index (χ0) is 39.1. The SMILES string of the molecule is C=[N+](C)C.CN(C)CN(C)C(=O)c1ccccc1.CN(C[N+](C)(C)[O-])C(=O)c1ccccc1.CNC(=O)c1ccccc1.ClCCl.O=CO[O-].[Cl-].[H-].[K+].[K+]. The summed E-state index contributed by atoms with van der Waals surface area (Å²) in [5.74, 6) is -0.113. The van der Waals surface area contributed by atoms with Crippen LogP contribution >= 0.6 is 23.2 Å². The van der Waals surface area contributed by atoms with Gasteiger partial charge in [0.15, 0.2) is 6.67 Å². The van der Waals surface area contributed by atoms with Crippen LogP contribution in [-0.4, -0.2) is 137 Å². The maximum atomic E-state index is 11.8. The Kier molecular flexibility index (Phi) is 49.4. The maximum Gasteiger partial charge on any atom is 1.00 e. The minimum absolute atomic E-state index is 0. The summed E-state index contributed by atoms with van der Waals surface area (Å²) in [7, 11) is 15.7. The van der Waals surface area contributed by atoms with Crippen LogP contribution in [0.3, 0.4) is 0 Å². The van der Waals surface area contributed by atoms with Gasteiger partial charge in [0, 0.05) is 37.8 Å². The molecule has 3 aromatic rings. The molecule has 0 heterocycles. The molecule has 3 aromatic carbocycles. The van der Waals surface area contributed by atoms with Crippen molar-refractivity contribution in [3.8, 4) is 0 Å². The molecule has 0 saturated heterocycles. The molecule has 3 rings (SSSR count). The van der Waals surface area contributed by atoms with Crippen LogP contribution in [0.15, 0.2) is 91.0 Å². The molecule has 0 aliphatic heterocycles. The number of hydrogen-bond donors (Lipinski definition) is 1. The average molecular weight is 854 g/mol. The predicted molar refractivity (Wildman–Crippen MR) is 200 cm³/mol. The number of rotatable bonds is 8. The van der Waals surface area contributed by atoms with E-state index in [-0.39, 0.29) is 153 Å². The van der Waals surface area contributed by atoms with Crippen LogP contribution in [-0.2, 0) is 9.68 Å². The van der Waals surface area contributed by atoms with Crippen LogP contribution < -0.4 is 126 Å². The second-order valence-corrected chi connectivity index (χ2v) is 11.8. The van der Waals surface area contributed by atoms with Crippen molar-refractivity contribution in [2.75, 3.05) is 82.1 Å². The van der Waals surface area contributed by atoms with Gasteiger partial charge in [0.1, 0.15) is 20.8 Å². The van der Waals surface area contributed by atoms with Gasteiger partial charge < -0.3 is 44.0 Å². The van der Waals surface area contributed by atoms with Crippen molar-refractivity contribution in [1.29, 1.82) is 0 Å². The molecule has 0 aliphatic carbocycles. The molecule has 0 fully saturated rings. The van der Waals surface area contributed by atoms with Crippen molar-refractivity contribution in [3.05, 3.63) is 113 Å². The van der Waals surface area contributed by atoms with Crippen molar-refractivity contribution in [2.45, 2.75) is 0 Å². The number of hydroxylamine groups is 3. The smallest absolute Gasteiger partial charge is 1.00 e. The minimum atomic E-state index is -0.505. The molecule has 0 atom stereocenters. The van der Waals surface area contributed by atoms with Crippen LogP contribution in [0.2, 0.25) is 0 Å². The topological polar surface area (TPSA) is 148 Å². The molecule has 53 heavy (non-hydrogen) atoms. The van der Waals surface area contributed by atoms with Gasteiger partial charge in [-0.3, -0.25) is 29.0 Å². The largest absolute Gasteiger partial charge is 1.00 e. The molecule has 13 nitrogen and oxygen atoms in total. The Hall–Kier alpha value is -0.807. The fourth-order valence-corrected chi connectivity index (χ4v) is 3.40. The molecule has 0 spiro atoms. The van der Waals surface area contributed by atoms with Crippen molar-refractivity contribution in [3.63, 3.8) is 0 Å². The molecular formula is C35H53Cl3K2N6O7. The normalized spacial score (nSPS) is 8.79. The number of amides is 3. The van der Waals surface area contributed by atoms with Gasteiger partial charge in [-0.1, -0.05) is 54.6 Å². The summed E-state index contributed by atoms with van der Waals surface area (Å²) in [6, 6.07) is 27.4. The molecule has 0 radical (unpaired) electrons. The standard InChI is InChI=1S/C11H16N2O2.C11H16N2O.C8H9NO.C3H8N.CH2Cl2.CH2O3.ClH.2K.H/c1-12(9-13(2,3)15)11(14)10-7-5-4-6-8-10;1-12(2)9-13(3)11(14)10-7-5-4-6-8-10;1-9-8(10)7-5-3-2-4-6-7;1-4(2)3;2-1-3;2-1-4-3;;;;/h4-8H,9H2,1-3H3;4-8H,9H2,1-3H3;2-6H,1H3,(H,9,10);1H2,2-3H3;1H2;1,3H;1H;;;/q;;;+1;;;;2*+1;-1/p-2. The van der Waals surface area contributed by atoms with Crippen LogP contribution in [0.25, 0.3) is 0 Å². The van der Waals surface area contributed by atoms with Crippen molar-refractivity contribution in [1.82, 2.24) is 20.0 Å². The number of quaternary nitrogens is 1. The number of nitrogens with one attached hydrogen (secondary N) is 1. The van der Waals surface area contributed by atoms with Crippen molar-refractivity contribution >= 4 is 54.1 Å². The van der Waals surface area contributed by atoms with E-state index in [0.29, 0.717) is 17.8 Å².